The minimum absolute atomic E-state index is 0.583. The van der Waals surface area contributed by atoms with Gasteiger partial charge in [-0.25, -0.2) is 0 Å². The molecule has 11 heavy (non-hydrogen) atoms. The Morgan fingerprint density at radius 3 is 3.36 bits per heavy atom. The van der Waals surface area contributed by atoms with Crippen LogP contribution in [0.1, 0.15) is 13.3 Å². The maximum absolute atomic E-state index is 5.58. The lowest BCUT2D eigenvalue weighted by atomic mass is 10.4. The molecule has 4 heteroatoms. The van der Waals surface area contributed by atoms with E-state index in [0.717, 1.165) is 18.7 Å². The third-order valence-electron chi connectivity index (χ3n) is 1.45. The summed E-state index contributed by atoms with van der Waals surface area (Å²) < 4.78 is 5.30. The number of nitrogens with one attached hydrogen (secondary N) is 1. The Morgan fingerprint density at radius 2 is 2.55 bits per heavy atom. The van der Waals surface area contributed by atoms with Crippen molar-refractivity contribution in [2.75, 3.05) is 13.2 Å². The smallest absolute Gasteiger partial charge is 0.117 e. The second kappa shape index (κ2) is 3.85. The molecule has 0 aromatic carbocycles. The number of rotatable bonds is 0. The average molecular weight is 155 g/mol. The van der Waals surface area contributed by atoms with Crippen molar-refractivity contribution in [3.05, 3.63) is 11.5 Å². The Balaban J connectivity index is 2.62. The summed E-state index contributed by atoms with van der Waals surface area (Å²) >= 11 is 0. The Morgan fingerprint density at radius 1 is 1.73 bits per heavy atom. The summed E-state index contributed by atoms with van der Waals surface area (Å²) in [5.41, 5.74) is 9.02. The minimum Gasteiger partial charge on any atom is -0.496 e. The van der Waals surface area contributed by atoms with Gasteiger partial charge in [0.25, 0.3) is 0 Å². The maximum Gasteiger partial charge on any atom is 0.117 e. The maximum atomic E-state index is 5.58. The molecule has 0 amide bonds. The molecule has 4 nitrogen and oxygen atoms in total. The van der Waals surface area contributed by atoms with E-state index in [4.69, 9.17) is 10.5 Å². The predicted octanol–water partition coefficient (Wildman–Crippen LogP) is 0.172. The van der Waals surface area contributed by atoms with Gasteiger partial charge in [-0.3, -0.25) is 0 Å². The van der Waals surface area contributed by atoms with E-state index >= 15 is 0 Å². The van der Waals surface area contributed by atoms with Crippen molar-refractivity contribution in [1.29, 1.82) is 0 Å². The summed E-state index contributed by atoms with van der Waals surface area (Å²) in [5, 5.41) is 3.88. The van der Waals surface area contributed by atoms with Gasteiger partial charge in [-0.15, -0.1) is 0 Å². The quantitative estimate of drug-likeness (QED) is 0.524. The van der Waals surface area contributed by atoms with Gasteiger partial charge in [0.1, 0.15) is 5.76 Å². The molecule has 1 heterocycles. The second-order valence-electron chi connectivity index (χ2n) is 2.38. The van der Waals surface area contributed by atoms with Gasteiger partial charge in [-0.1, -0.05) is 0 Å². The molecule has 1 aliphatic heterocycles. The van der Waals surface area contributed by atoms with Crippen LogP contribution < -0.4 is 11.2 Å². The normalized spacial score (nSPS) is 28.8. The summed E-state index contributed by atoms with van der Waals surface area (Å²) in [5.74, 6) is 0.748. The van der Waals surface area contributed by atoms with Crippen molar-refractivity contribution in [1.82, 2.24) is 5.43 Å². The molecule has 0 fully saturated rings. The van der Waals surface area contributed by atoms with E-state index in [2.05, 4.69) is 10.5 Å². The summed E-state index contributed by atoms with van der Waals surface area (Å²) in [6.45, 7) is 3.37. The molecule has 0 radical (unpaired) electrons. The average Bonchev–Trinajstić information content (AvgIpc) is 2.07. The van der Waals surface area contributed by atoms with Crippen molar-refractivity contribution >= 4 is 6.21 Å². The van der Waals surface area contributed by atoms with E-state index in [-0.39, 0.29) is 0 Å². The molecule has 0 saturated carbocycles. The first-order valence-electron chi connectivity index (χ1n) is 3.66. The highest BCUT2D eigenvalue weighted by Crippen LogP contribution is 2.00. The van der Waals surface area contributed by atoms with Crippen molar-refractivity contribution in [3.63, 3.8) is 0 Å². The van der Waals surface area contributed by atoms with E-state index in [9.17, 15) is 0 Å². The fourth-order valence-electron chi connectivity index (χ4n) is 0.730. The fourth-order valence-corrected chi connectivity index (χ4v) is 0.730. The van der Waals surface area contributed by atoms with Crippen molar-refractivity contribution in [3.8, 4) is 0 Å². The van der Waals surface area contributed by atoms with Crippen LogP contribution in [-0.4, -0.2) is 19.4 Å². The molecule has 3 N–H and O–H groups in total. The number of hydrogen-bond acceptors (Lipinski definition) is 4. The van der Waals surface area contributed by atoms with Crippen LogP contribution >= 0.6 is 0 Å². The van der Waals surface area contributed by atoms with Crippen LogP contribution in [0, 0.1) is 0 Å². The lowest BCUT2D eigenvalue weighted by Crippen LogP contribution is -2.09. The zero-order valence-corrected chi connectivity index (χ0v) is 6.63. The summed E-state index contributed by atoms with van der Waals surface area (Å²) in [4.78, 5) is 0. The SMILES string of the molecule is C/C1=C(N)\C=N/NCCCO1. The van der Waals surface area contributed by atoms with Crippen LogP contribution in [0.25, 0.3) is 0 Å². The zero-order valence-electron chi connectivity index (χ0n) is 6.63. The van der Waals surface area contributed by atoms with Gasteiger partial charge in [-0.05, 0) is 6.92 Å². The first kappa shape index (κ1) is 7.91. The highest BCUT2D eigenvalue weighted by atomic mass is 16.5. The van der Waals surface area contributed by atoms with Gasteiger partial charge in [-0.2, -0.15) is 5.10 Å². The molecule has 0 atom stereocenters. The summed E-state index contributed by atoms with van der Waals surface area (Å²) in [7, 11) is 0. The molecule has 0 aromatic heterocycles. The van der Waals surface area contributed by atoms with E-state index in [0.29, 0.717) is 12.3 Å². The number of hydrazone groups is 1. The van der Waals surface area contributed by atoms with Gasteiger partial charge < -0.3 is 15.9 Å². The van der Waals surface area contributed by atoms with Crippen LogP contribution in [-0.2, 0) is 4.74 Å². The van der Waals surface area contributed by atoms with Crippen LogP contribution in [0.5, 0.6) is 0 Å². The fraction of sp³-hybridized carbons (Fsp3) is 0.571. The molecule has 0 spiro atoms. The van der Waals surface area contributed by atoms with Crippen LogP contribution in [0.4, 0.5) is 0 Å². The van der Waals surface area contributed by atoms with Crippen molar-refractivity contribution in [2.45, 2.75) is 13.3 Å². The van der Waals surface area contributed by atoms with E-state index in [1.54, 1.807) is 6.21 Å². The van der Waals surface area contributed by atoms with Crippen molar-refractivity contribution in [2.24, 2.45) is 10.8 Å². The molecule has 1 rings (SSSR count). The van der Waals surface area contributed by atoms with Gasteiger partial charge in [0.15, 0.2) is 0 Å². The highest BCUT2D eigenvalue weighted by Gasteiger charge is 1.98. The first-order valence-corrected chi connectivity index (χ1v) is 3.66. The topological polar surface area (TPSA) is 59.6 Å². The van der Waals surface area contributed by atoms with Gasteiger partial charge >= 0.3 is 0 Å². The zero-order chi connectivity index (χ0) is 8.10. The van der Waals surface area contributed by atoms with Gasteiger partial charge in [0.2, 0.25) is 0 Å². The molecule has 62 valence electrons. The third kappa shape index (κ3) is 2.49. The van der Waals surface area contributed by atoms with Gasteiger partial charge in [0.05, 0.1) is 18.5 Å². The number of allylic oxidation sites excluding steroid dienone is 2. The number of nitrogens with two attached hydrogens (primary N) is 1. The second-order valence-corrected chi connectivity index (χ2v) is 2.38. The number of hydrogen-bond donors (Lipinski definition) is 2. The van der Waals surface area contributed by atoms with Crippen LogP contribution in [0.15, 0.2) is 16.6 Å². The molecular weight excluding hydrogens is 142 g/mol. The Labute approximate surface area is 66.1 Å². The molecule has 0 aromatic rings. The number of nitrogens with zero attached hydrogens (tertiary/aromatic N) is 1. The summed E-state index contributed by atoms with van der Waals surface area (Å²) in [6, 6.07) is 0. The van der Waals surface area contributed by atoms with E-state index in [1.807, 2.05) is 6.92 Å². The first-order chi connectivity index (χ1) is 5.30. The largest absolute Gasteiger partial charge is 0.496 e. The molecule has 1 aliphatic rings. The lowest BCUT2D eigenvalue weighted by Gasteiger charge is -2.04. The Bertz CT molecular complexity index is 186. The Kier molecular flexibility index (Phi) is 2.77. The molecule has 0 unspecified atom stereocenters. The molecule has 0 aliphatic carbocycles. The van der Waals surface area contributed by atoms with Crippen LogP contribution in [0.3, 0.4) is 0 Å². The van der Waals surface area contributed by atoms with Crippen molar-refractivity contribution < 1.29 is 4.74 Å². The molecule has 0 saturated heterocycles. The van der Waals surface area contributed by atoms with E-state index in [1.165, 1.54) is 0 Å². The Hall–Kier alpha value is -1.19. The van der Waals surface area contributed by atoms with Crippen LogP contribution in [0.2, 0.25) is 0 Å². The summed E-state index contributed by atoms with van der Waals surface area (Å²) in [6.07, 6.45) is 2.52. The van der Waals surface area contributed by atoms with Gasteiger partial charge in [0, 0.05) is 13.0 Å². The standard InChI is InChI=1S/C7H13N3O/c1-6-7(8)5-10-9-3-2-4-11-6/h5,9H,2-4,8H2,1H3/b7-6-,10-5-. The minimum atomic E-state index is 0.583. The number of ether oxygens (including phenoxy) is 1. The monoisotopic (exact) mass is 155 g/mol. The highest BCUT2D eigenvalue weighted by molar-refractivity contribution is 5.77. The predicted molar refractivity (Wildman–Crippen MR) is 44.0 cm³/mol. The molecular formula is C7H13N3O. The van der Waals surface area contributed by atoms with E-state index < -0.39 is 0 Å². The lowest BCUT2D eigenvalue weighted by molar-refractivity contribution is 0.208. The third-order valence-corrected chi connectivity index (χ3v) is 1.45. The molecule has 0 bridgehead atoms.